The molecule has 0 spiro atoms. The lowest BCUT2D eigenvalue weighted by atomic mass is 9.87. The Balaban J connectivity index is 3.14. The highest BCUT2D eigenvalue weighted by atomic mass is 35.5. The summed E-state index contributed by atoms with van der Waals surface area (Å²) in [5.74, 6) is -0.238. The number of halogens is 2. The quantitative estimate of drug-likeness (QED) is 0.591. The molecule has 1 unspecified atom stereocenters. The topological polar surface area (TPSA) is 0 Å². The van der Waals surface area contributed by atoms with Crippen molar-refractivity contribution in [2.45, 2.75) is 27.2 Å². The van der Waals surface area contributed by atoms with E-state index in [-0.39, 0.29) is 11.2 Å². The van der Waals surface area contributed by atoms with E-state index in [1.807, 2.05) is 19.1 Å². The molecule has 0 saturated carbocycles. The molecule has 0 amide bonds. The van der Waals surface area contributed by atoms with E-state index in [0.717, 1.165) is 6.42 Å². The fraction of sp³-hybridized carbons (Fsp3) is 0.455. The van der Waals surface area contributed by atoms with E-state index in [9.17, 15) is 4.39 Å². The maximum Gasteiger partial charge on any atom is 0.127 e. The first-order chi connectivity index (χ1) is 5.98. The third-order valence-electron chi connectivity index (χ3n) is 2.55. The highest BCUT2D eigenvalue weighted by molar-refractivity contribution is 6.32. The lowest BCUT2D eigenvalue weighted by Gasteiger charge is -2.18. The molecule has 72 valence electrons. The molecule has 2 heteroatoms. The van der Waals surface area contributed by atoms with Crippen LogP contribution in [-0.4, -0.2) is 0 Å². The molecule has 13 heavy (non-hydrogen) atoms. The van der Waals surface area contributed by atoms with Gasteiger partial charge in [-0.2, -0.15) is 0 Å². The van der Waals surface area contributed by atoms with Crippen molar-refractivity contribution in [2.75, 3.05) is 0 Å². The summed E-state index contributed by atoms with van der Waals surface area (Å²) < 4.78 is 13.2. The lowest BCUT2D eigenvalue weighted by molar-refractivity contribution is 0.528. The van der Waals surface area contributed by atoms with Crippen LogP contribution in [0.25, 0.3) is 0 Å². The zero-order chi connectivity index (χ0) is 10.1. The van der Waals surface area contributed by atoms with Gasteiger partial charge in [-0.15, -0.1) is 0 Å². The van der Waals surface area contributed by atoms with Gasteiger partial charge in [0, 0.05) is 16.0 Å². The van der Waals surface area contributed by atoms with Crippen LogP contribution in [0, 0.1) is 5.41 Å². The average molecular weight is 201 g/mol. The SMILES string of the molecule is CCC1(C)C=CC(F)=C(C)C(Cl)=C1. The first-order valence-corrected chi connectivity index (χ1v) is 4.80. The monoisotopic (exact) mass is 200 g/mol. The van der Waals surface area contributed by atoms with Crippen LogP contribution in [0.1, 0.15) is 27.2 Å². The van der Waals surface area contributed by atoms with E-state index in [1.165, 1.54) is 6.08 Å². The van der Waals surface area contributed by atoms with Gasteiger partial charge in [0.25, 0.3) is 0 Å². The first kappa shape index (κ1) is 10.5. The molecule has 0 nitrogen and oxygen atoms in total. The third kappa shape index (κ3) is 2.22. The molecule has 0 aromatic carbocycles. The van der Waals surface area contributed by atoms with Crippen molar-refractivity contribution >= 4 is 11.6 Å². The molecular formula is C11H14ClF. The summed E-state index contributed by atoms with van der Waals surface area (Å²) in [7, 11) is 0. The first-order valence-electron chi connectivity index (χ1n) is 4.43. The Bertz CT molecular complexity index is 299. The Kier molecular flexibility index (Phi) is 2.97. The van der Waals surface area contributed by atoms with Gasteiger partial charge < -0.3 is 0 Å². The Morgan fingerprint density at radius 2 is 2.15 bits per heavy atom. The normalized spacial score (nSPS) is 28.8. The highest BCUT2D eigenvalue weighted by Crippen LogP contribution is 2.34. The third-order valence-corrected chi connectivity index (χ3v) is 2.94. The smallest absolute Gasteiger partial charge is 0.127 e. The van der Waals surface area contributed by atoms with Gasteiger partial charge in [0.15, 0.2) is 0 Å². The summed E-state index contributed by atoms with van der Waals surface area (Å²) in [6.45, 7) is 5.79. The van der Waals surface area contributed by atoms with Crippen molar-refractivity contribution in [2.24, 2.45) is 5.41 Å². The van der Waals surface area contributed by atoms with Crippen LogP contribution in [0.2, 0.25) is 0 Å². The summed E-state index contributed by atoms with van der Waals surface area (Å²) in [5, 5.41) is 0.520. The molecule has 0 N–H and O–H groups in total. The van der Waals surface area contributed by atoms with Gasteiger partial charge in [0.2, 0.25) is 0 Å². The maximum atomic E-state index is 13.2. The number of rotatable bonds is 1. The second-order valence-electron chi connectivity index (χ2n) is 3.66. The Hall–Kier alpha value is -0.560. The molecule has 0 aromatic heterocycles. The summed E-state index contributed by atoms with van der Waals surface area (Å²) in [4.78, 5) is 0. The molecule has 1 rings (SSSR count). The van der Waals surface area contributed by atoms with Crippen LogP contribution in [0.3, 0.4) is 0 Å². The minimum absolute atomic E-state index is 0.119. The molecule has 0 radical (unpaired) electrons. The fourth-order valence-corrected chi connectivity index (χ4v) is 1.51. The summed E-state index contributed by atoms with van der Waals surface area (Å²) in [6, 6.07) is 0. The standard InChI is InChI=1S/C11H14ClF/c1-4-11(3)6-5-10(13)8(2)9(12)7-11/h5-7H,4H2,1-3H3. The molecule has 0 heterocycles. The van der Waals surface area contributed by atoms with E-state index in [1.54, 1.807) is 6.92 Å². The molecule has 0 bridgehead atoms. The molecular weight excluding hydrogens is 187 g/mol. The van der Waals surface area contributed by atoms with Gasteiger partial charge in [-0.05, 0) is 19.4 Å². The molecule has 0 saturated heterocycles. The van der Waals surface area contributed by atoms with E-state index in [4.69, 9.17) is 11.6 Å². The van der Waals surface area contributed by atoms with Crippen LogP contribution in [0.5, 0.6) is 0 Å². The van der Waals surface area contributed by atoms with Crippen molar-refractivity contribution in [3.8, 4) is 0 Å². The van der Waals surface area contributed by atoms with E-state index < -0.39 is 0 Å². The van der Waals surface area contributed by atoms with Crippen molar-refractivity contribution in [3.63, 3.8) is 0 Å². The minimum atomic E-state index is -0.238. The van der Waals surface area contributed by atoms with E-state index >= 15 is 0 Å². The Labute approximate surface area is 83.8 Å². The van der Waals surface area contributed by atoms with Crippen LogP contribution in [-0.2, 0) is 0 Å². The van der Waals surface area contributed by atoms with Gasteiger partial charge >= 0.3 is 0 Å². The second kappa shape index (κ2) is 3.67. The van der Waals surface area contributed by atoms with Crippen LogP contribution in [0.4, 0.5) is 4.39 Å². The van der Waals surface area contributed by atoms with Crippen LogP contribution in [0.15, 0.2) is 34.7 Å². The maximum absolute atomic E-state index is 13.2. The minimum Gasteiger partial charge on any atom is -0.207 e. The van der Waals surface area contributed by atoms with Crippen molar-refractivity contribution in [3.05, 3.63) is 34.7 Å². The second-order valence-corrected chi connectivity index (χ2v) is 4.07. The van der Waals surface area contributed by atoms with Crippen molar-refractivity contribution in [1.29, 1.82) is 0 Å². The fourth-order valence-electron chi connectivity index (χ4n) is 1.17. The highest BCUT2D eigenvalue weighted by Gasteiger charge is 2.20. The summed E-state index contributed by atoms with van der Waals surface area (Å²) >= 11 is 5.95. The lowest BCUT2D eigenvalue weighted by Crippen LogP contribution is -2.07. The van der Waals surface area contributed by atoms with Gasteiger partial charge in [-0.1, -0.05) is 37.6 Å². The number of allylic oxidation sites excluding steroid dienone is 6. The predicted molar refractivity (Wildman–Crippen MR) is 55.3 cm³/mol. The number of hydrogen-bond donors (Lipinski definition) is 0. The zero-order valence-corrected chi connectivity index (χ0v) is 8.95. The summed E-state index contributed by atoms with van der Waals surface area (Å²) in [6.07, 6.45) is 6.19. The molecule has 0 aromatic rings. The van der Waals surface area contributed by atoms with Gasteiger partial charge in [0.1, 0.15) is 5.83 Å². The largest absolute Gasteiger partial charge is 0.207 e. The van der Waals surface area contributed by atoms with Gasteiger partial charge in [-0.3, -0.25) is 0 Å². The summed E-state index contributed by atoms with van der Waals surface area (Å²) in [5.41, 5.74) is 0.404. The van der Waals surface area contributed by atoms with Gasteiger partial charge in [-0.25, -0.2) is 4.39 Å². The van der Waals surface area contributed by atoms with E-state index in [2.05, 4.69) is 6.92 Å². The van der Waals surface area contributed by atoms with Crippen LogP contribution < -0.4 is 0 Å². The number of hydrogen-bond acceptors (Lipinski definition) is 0. The van der Waals surface area contributed by atoms with Gasteiger partial charge in [0.05, 0.1) is 0 Å². The van der Waals surface area contributed by atoms with E-state index in [0.29, 0.717) is 10.6 Å². The zero-order valence-electron chi connectivity index (χ0n) is 8.20. The predicted octanol–water partition coefficient (Wildman–Crippen LogP) is 4.34. The van der Waals surface area contributed by atoms with Crippen LogP contribution >= 0.6 is 11.6 Å². The molecule has 1 aliphatic carbocycles. The molecule has 1 aliphatic rings. The molecule has 0 aliphatic heterocycles. The van der Waals surface area contributed by atoms with Crippen molar-refractivity contribution in [1.82, 2.24) is 0 Å². The Morgan fingerprint density at radius 3 is 2.69 bits per heavy atom. The Morgan fingerprint density at radius 1 is 1.54 bits per heavy atom. The molecule has 0 fully saturated rings. The molecule has 1 atom stereocenters. The van der Waals surface area contributed by atoms with Crippen molar-refractivity contribution < 1.29 is 4.39 Å². The average Bonchev–Trinajstić information content (AvgIpc) is 2.20.